The first-order valence-corrected chi connectivity index (χ1v) is 7.43. The van der Waals surface area contributed by atoms with E-state index in [2.05, 4.69) is 5.32 Å². The molecule has 6 heteroatoms. The number of thioether (sulfide) groups is 1. The third-order valence-corrected chi connectivity index (χ3v) is 4.35. The number of halogens is 1. The number of carbonyl (C=O) groups excluding carboxylic acids is 2. The van der Waals surface area contributed by atoms with Gasteiger partial charge in [0.15, 0.2) is 0 Å². The lowest BCUT2D eigenvalue weighted by atomic mass is 10.2. The van der Waals surface area contributed by atoms with Crippen LogP contribution in [0.25, 0.3) is 11.8 Å². The number of rotatable bonds is 2. The van der Waals surface area contributed by atoms with E-state index in [4.69, 9.17) is 11.6 Å². The normalized spacial score (nSPS) is 16.6. The largest absolute Gasteiger partial charge is 0.317 e. The SMILES string of the molecule is Cc1ccc(-n2cccc2C=C2SC(=O)NC2=O)cc1Cl. The highest BCUT2D eigenvalue weighted by Crippen LogP contribution is 2.27. The van der Waals surface area contributed by atoms with E-state index >= 15 is 0 Å². The van der Waals surface area contributed by atoms with Gasteiger partial charge in [0.1, 0.15) is 0 Å². The lowest BCUT2D eigenvalue weighted by molar-refractivity contribution is -0.115. The highest BCUT2D eigenvalue weighted by Gasteiger charge is 2.25. The minimum Gasteiger partial charge on any atom is -0.317 e. The highest BCUT2D eigenvalue weighted by molar-refractivity contribution is 8.18. The zero-order chi connectivity index (χ0) is 15.0. The summed E-state index contributed by atoms with van der Waals surface area (Å²) in [6.45, 7) is 1.94. The van der Waals surface area contributed by atoms with Gasteiger partial charge in [0.2, 0.25) is 0 Å². The molecule has 2 heterocycles. The number of nitrogens with one attached hydrogen (secondary N) is 1. The van der Waals surface area contributed by atoms with Gasteiger partial charge in [-0.3, -0.25) is 14.9 Å². The molecule has 106 valence electrons. The molecule has 21 heavy (non-hydrogen) atoms. The second-order valence-electron chi connectivity index (χ2n) is 4.59. The van der Waals surface area contributed by atoms with Gasteiger partial charge in [-0.25, -0.2) is 0 Å². The number of aromatic nitrogens is 1. The van der Waals surface area contributed by atoms with E-state index in [1.165, 1.54) is 0 Å². The fourth-order valence-electron chi connectivity index (χ4n) is 2.03. The number of carbonyl (C=O) groups is 2. The summed E-state index contributed by atoms with van der Waals surface area (Å²) in [5.41, 5.74) is 2.71. The van der Waals surface area contributed by atoms with Gasteiger partial charge in [0.25, 0.3) is 11.1 Å². The van der Waals surface area contributed by atoms with E-state index in [-0.39, 0.29) is 11.1 Å². The first-order chi connectivity index (χ1) is 10.0. The van der Waals surface area contributed by atoms with Crippen molar-refractivity contribution in [2.75, 3.05) is 0 Å². The summed E-state index contributed by atoms with van der Waals surface area (Å²) in [6.07, 6.45) is 3.57. The minimum absolute atomic E-state index is 0.345. The molecule has 0 aliphatic carbocycles. The van der Waals surface area contributed by atoms with Crippen LogP contribution < -0.4 is 5.32 Å². The lowest BCUT2D eigenvalue weighted by Gasteiger charge is -2.08. The van der Waals surface area contributed by atoms with E-state index in [0.29, 0.717) is 9.93 Å². The first kappa shape index (κ1) is 14.0. The van der Waals surface area contributed by atoms with E-state index in [0.717, 1.165) is 28.7 Å². The van der Waals surface area contributed by atoms with E-state index in [1.54, 1.807) is 6.08 Å². The summed E-state index contributed by atoms with van der Waals surface area (Å²) in [7, 11) is 0. The van der Waals surface area contributed by atoms with Crippen LogP contribution in [0.1, 0.15) is 11.3 Å². The molecule has 0 atom stereocenters. The van der Waals surface area contributed by atoms with Crippen molar-refractivity contribution in [1.82, 2.24) is 9.88 Å². The van der Waals surface area contributed by atoms with Crippen molar-refractivity contribution in [1.29, 1.82) is 0 Å². The minimum atomic E-state index is -0.361. The molecule has 0 bridgehead atoms. The van der Waals surface area contributed by atoms with Crippen molar-refractivity contribution in [2.45, 2.75) is 6.92 Å². The molecule has 0 unspecified atom stereocenters. The van der Waals surface area contributed by atoms with Gasteiger partial charge in [0, 0.05) is 22.6 Å². The van der Waals surface area contributed by atoms with Crippen molar-refractivity contribution in [3.8, 4) is 5.69 Å². The Kier molecular flexibility index (Phi) is 3.61. The number of hydrogen-bond donors (Lipinski definition) is 1. The van der Waals surface area contributed by atoms with Gasteiger partial charge in [-0.2, -0.15) is 0 Å². The standard InChI is InChI=1S/C15H11ClN2O2S/c1-9-4-5-11(7-12(9)16)18-6-2-3-10(18)8-13-14(19)17-15(20)21-13/h2-8H,1H3,(H,17,19,20). The molecule has 1 N–H and O–H groups in total. The second-order valence-corrected chi connectivity index (χ2v) is 6.01. The smallest absolute Gasteiger partial charge is 0.290 e. The predicted octanol–water partition coefficient (Wildman–Crippen LogP) is 3.76. The van der Waals surface area contributed by atoms with Crippen molar-refractivity contribution < 1.29 is 9.59 Å². The number of aryl methyl sites for hydroxylation is 1. The Bertz CT molecular complexity index is 780. The molecule has 0 saturated carbocycles. The van der Waals surface area contributed by atoms with Gasteiger partial charge in [0.05, 0.1) is 4.91 Å². The van der Waals surface area contributed by atoms with Crippen molar-refractivity contribution in [3.05, 3.63) is 57.7 Å². The van der Waals surface area contributed by atoms with Crippen LogP contribution in [0.15, 0.2) is 41.4 Å². The molecule has 2 aromatic rings. The Morgan fingerprint density at radius 1 is 1.29 bits per heavy atom. The maximum atomic E-state index is 11.6. The van der Waals surface area contributed by atoms with E-state index in [1.807, 2.05) is 48.0 Å². The van der Waals surface area contributed by atoms with Crippen LogP contribution in [0.5, 0.6) is 0 Å². The maximum absolute atomic E-state index is 11.6. The fraction of sp³-hybridized carbons (Fsp3) is 0.0667. The fourth-order valence-corrected chi connectivity index (χ4v) is 2.88. The predicted molar refractivity (Wildman–Crippen MR) is 84.6 cm³/mol. The summed E-state index contributed by atoms with van der Waals surface area (Å²) in [4.78, 5) is 23.2. The number of hydrogen-bond acceptors (Lipinski definition) is 3. The van der Waals surface area contributed by atoms with Crippen LogP contribution in [-0.2, 0) is 4.79 Å². The average Bonchev–Trinajstić information content (AvgIpc) is 3.01. The maximum Gasteiger partial charge on any atom is 0.290 e. The summed E-state index contributed by atoms with van der Waals surface area (Å²) < 4.78 is 1.91. The summed E-state index contributed by atoms with van der Waals surface area (Å²) in [5, 5.41) is 2.58. The molecule has 1 fully saturated rings. The van der Waals surface area contributed by atoms with Crippen LogP contribution in [0.3, 0.4) is 0 Å². The van der Waals surface area contributed by atoms with E-state index < -0.39 is 0 Å². The number of benzene rings is 1. The van der Waals surface area contributed by atoms with Gasteiger partial charge in [-0.15, -0.1) is 0 Å². The zero-order valence-corrected chi connectivity index (χ0v) is 12.7. The first-order valence-electron chi connectivity index (χ1n) is 6.23. The quantitative estimate of drug-likeness (QED) is 0.858. The van der Waals surface area contributed by atoms with Crippen LogP contribution in [0.2, 0.25) is 5.02 Å². The third kappa shape index (κ3) is 2.75. The third-order valence-electron chi connectivity index (χ3n) is 3.13. The lowest BCUT2D eigenvalue weighted by Crippen LogP contribution is -2.17. The molecular weight excluding hydrogens is 308 g/mol. The Morgan fingerprint density at radius 3 is 2.76 bits per heavy atom. The number of nitrogens with zero attached hydrogens (tertiary/aromatic N) is 1. The van der Waals surface area contributed by atoms with Gasteiger partial charge < -0.3 is 4.57 Å². The Balaban J connectivity index is 2.01. The molecule has 0 spiro atoms. The van der Waals surface area contributed by atoms with Crippen LogP contribution >= 0.6 is 23.4 Å². The number of amides is 2. The number of imide groups is 1. The molecule has 0 radical (unpaired) electrons. The molecule has 2 amide bonds. The Labute approximate surface area is 130 Å². The van der Waals surface area contributed by atoms with E-state index in [9.17, 15) is 9.59 Å². The van der Waals surface area contributed by atoms with Gasteiger partial charge >= 0.3 is 0 Å². The Hall–Kier alpha value is -1.98. The van der Waals surface area contributed by atoms with Crippen LogP contribution in [-0.4, -0.2) is 15.7 Å². The van der Waals surface area contributed by atoms with Crippen LogP contribution in [0, 0.1) is 6.92 Å². The molecule has 1 saturated heterocycles. The second kappa shape index (κ2) is 5.42. The van der Waals surface area contributed by atoms with Crippen molar-refractivity contribution >= 4 is 40.6 Å². The zero-order valence-electron chi connectivity index (χ0n) is 11.1. The highest BCUT2D eigenvalue weighted by atomic mass is 35.5. The van der Waals surface area contributed by atoms with Crippen molar-refractivity contribution in [3.63, 3.8) is 0 Å². The summed E-state index contributed by atoms with van der Waals surface area (Å²) in [5.74, 6) is -0.361. The Morgan fingerprint density at radius 2 is 2.10 bits per heavy atom. The van der Waals surface area contributed by atoms with Gasteiger partial charge in [-0.05, 0) is 54.6 Å². The molecule has 3 rings (SSSR count). The summed E-state index contributed by atoms with van der Waals surface area (Å²) in [6, 6.07) is 9.51. The molecule has 1 aromatic carbocycles. The van der Waals surface area contributed by atoms with Crippen molar-refractivity contribution in [2.24, 2.45) is 0 Å². The molecule has 4 nitrogen and oxygen atoms in total. The molecule has 1 aliphatic heterocycles. The molecular formula is C15H11ClN2O2S. The van der Waals surface area contributed by atoms with Crippen LogP contribution in [0.4, 0.5) is 4.79 Å². The summed E-state index contributed by atoms with van der Waals surface area (Å²) >= 11 is 7.06. The molecule has 1 aromatic heterocycles. The topological polar surface area (TPSA) is 51.1 Å². The monoisotopic (exact) mass is 318 g/mol. The van der Waals surface area contributed by atoms with Gasteiger partial charge in [-0.1, -0.05) is 17.7 Å². The average molecular weight is 319 g/mol. The molecule has 1 aliphatic rings.